The van der Waals surface area contributed by atoms with Gasteiger partial charge < -0.3 is 14.6 Å². The van der Waals surface area contributed by atoms with Crippen LogP contribution in [0.3, 0.4) is 0 Å². The molecular weight excluding hydrogens is 272 g/mol. The summed E-state index contributed by atoms with van der Waals surface area (Å²) >= 11 is 3.47. The largest absolute Gasteiger partial charge is 0.486 e. The highest BCUT2D eigenvalue weighted by molar-refractivity contribution is 9.10. The molecule has 0 aliphatic carbocycles. The second kappa shape index (κ2) is 4.26. The Kier molecular flexibility index (Phi) is 3.13. The summed E-state index contributed by atoms with van der Waals surface area (Å²) in [5.41, 5.74) is 0.754. The highest BCUT2D eigenvalue weighted by atomic mass is 79.9. The fraction of sp³-hybridized carbons (Fsp3) is 0.500. The summed E-state index contributed by atoms with van der Waals surface area (Å²) in [6.45, 7) is 5.23. The second-order valence-electron chi connectivity index (χ2n) is 4.52. The van der Waals surface area contributed by atoms with Crippen molar-refractivity contribution in [3.63, 3.8) is 0 Å². The first kappa shape index (κ1) is 11.7. The summed E-state index contributed by atoms with van der Waals surface area (Å²) in [4.78, 5) is 0. The van der Waals surface area contributed by atoms with Crippen molar-refractivity contribution < 1.29 is 14.6 Å². The van der Waals surface area contributed by atoms with E-state index in [1.54, 1.807) is 0 Å². The Balaban J connectivity index is 2.47. The van der Waals surface area contributed by atoms with Gasteiger partial charge in [0, 0.05) is 5.41 Å². The van der Waals surface area contributed by atoms with Gasteiger partial charge in [0.1, 0.15) is 13.2 Å². The molecule has 2 rings (SSSR count). The summed E-state index contributed by atoms with van der Waals surface area (Å²) in [6.07, 6.45) is 0. The lowest BCUT2D eigenvalue weighted by atomic mass is 9.85. The summed E-state index contributed by atoms with van der Waals surface area (Å²) < 4.78 is 11.9. The molecule has 0 radical (unpaired) electrons. The van der Waals surface area contributed by atoms with E-state index in [1.807, 2.05) is 26.0 Å². The van der Waals surface area contributed by atoms with Crippen molar-refractivity contribution in [1.82, 2.24) is 0 Å². The van der Waals surface area contributed by atoms with Gasteiger partial charge in [0.2, 0.25) is 0 Å². The molecule has 0 fully saturated rings. The van der Waals surface area contributed by atoms with Crippen LogP contribution >= 0.6 is 15.9 Å². The number of rotatable bonds is 2. The van der Waals surface area contributed by atoms with E-state index < -0.39 is 0 Å². The number of aliphatic hydroxyl groups is 1. The van der Waals surface area contributed by atoms with Crippen molar-refractivity contribution in [1.29, 1.82) is 0 Å². The number of hydrogen-bond donors (Lipinski definition) is 1. The van der Waals surface area contributed by atoms with Crippen molar-refractivity contribution >= 4 is 15.9 Å². The molecule has 1 aliphatic heterocycles. The van der Waals surface area contributed by atoms with E-state index in [2.05, 4.69) is 15.9 Å². The van der Waals surface area contributed by atoms with Crippen molar-refractivity contribution in [3.8, 4) is 11.5 Å². The summed E-state index contributed by atoms with van der Waals surface area (Å²) in [5.74, 6) is 1.50. The highest BCUT2D eigenvalue weighted by Gasteiger charge is 2.24. The Bertz CT molecular complexity index is 401. The lowest BCUT2D eigenvalue weighted by Gasteiger charge is -2.26. The van der Waals surface area contributed by atoms with Crippen LogP contribution < -0.4 is 9.47 Å². The smallest absolute Gasteiger partial charge is 0.175 e. The van der Waals surface area contributed by atoms with Gasteiger partial charge in [-0.25, -0.2) is 0 Å². The van der Waals surface area contributed by atoms with Crippen molar-refractivity contribution in [2.45, 2.75) is 19.3 Å². The first-order valence-electron chi connectivity index (χ1n) is 5.25. The fourth-order valence-corrected chi connectivity index (χ4v) is 2.15. The summed E-state index contributed by atoms with van der Waals surface area (Å²) in [6, 6.07) is 3.92. The van der Waals surface area contributed by atoms with Crippen LogP contribution in [0.5, 0.6) is 11.5 Å². The molecule has 0 saturated carbocycles. The molecule has 0 atom stereocenters. The molecular formula is C12H15BrO3. The molecule has 1 N–H and O–H groups in total. The monoisotopic (exact) mass is 286 g/mol. The van der Waals surface area contributed by atoms with Crippen LogP contribution in [0.1, 0.15) is 19.4 Å². The average Bonchev–Trinajstić information content (AvgIpc) is 2.29. The number of halogens is 1. The SMILES string of the molecule is CC(C)(CO)c1cc(Br)c2c(c1)OCCO2. The molecule has 0 bridgehead atoms. The average molecular weight is 287 g/mol. The molecule has 16 heavy (non-hydrogen) atoms. The summed E-state index contributed by atoms with van der Waals surface area (Å²) in [5, 5.41) is 9.36. The van der Waals surface area contributed by atoms with Crippen LogP contribution in [-0.2, 0) is 5.41 Å². The Morgan fingerprint density at radius 3 is 2.69 bits per heavy atom. The van der Waals surface area contributed by atoms with Crippen LogP contribution in [0.15, 0.2) is 16.6 Å². The van der Waals surface area contributed by atoms with E-state index in [0.29, 0.717) is 13.2 Å². The van der Waals surface area contributed by atoms with Gasteiger partial charge in [-0.1, -0.05) is 13.8 Å². The van der Waals surface area contributed by atoms with Crippen LogP contribution in [-0.4, -0.2) is 24.9 Å². The standard InChI is InChI=1S/C12H15BrO3/c1-12(2,7-14)8-5-9(13)11-10(6-8)15-3-4-16-11/h5-6,14H,3-4,7H2,1-2H3. The zero-order chi connectivity index (χ0) is 11.8. The Morgan fingerprint density at radius 2 is 2.00 bits per heavy atom. The van der Waals surface area contributed by atoms with Crippen LogP contribution in [0.4, 0.5) is 0 Å². The normalized spacial score (nSPS) is 15.0. The molecule has 1 heterocycles. The molecule has 0 spiro atoms. The Morgan fingerprint density at radius 1 is 1.31 bits per heavy atom. The van der Waals surface area contributed by atoms with Crippen LogP contribution in [0.25, 0.3) is 0 Å². The third kappa shape index (κ3) is 2.04. The van der Waals surface area contributed by atoms with Crippen molar-refractivity contribution in [2.75, 3.05) is 19.8 Å². The van der Waals surface area contributed by atoms with E-state index in [0.717, 1.165) is 21.5 Å². The first-order chi connectivity index (χ1) is 7.54. The maximum absolute atomic E-state index is 9.36. The quantitative estimate of drug-likeness (QED) is 0.908. The Labute approximate surface area is 104 Å². The third-order valence-electron chi connectivity index (χ3n) is 2.77. The molecule has 1 aliphatic rings. The summed E-state index contributed by atoms with van der Waals surface area (Å²) in [7, 11) is 0. The number of aliphatic hydroxyl groups excluding tert-OH is 1. The molecule has 0 aromatic heterocycles. The molecule has 3 nitrogen and oxygen atoms in total. The van der Waals surface area contributed by atoms with Gasteiger partial charge in [-0.15, -0.1) is 0 Å². The van der Waals surface area contributed by atoms with E-state index in [-0.39, 0.29) is 12.0 Å². The molecule has 1 aromatic rings. The maximum Gasteiger partial charge on any atom is 0.175 e. The van der Waals surface area contributed by atoms with Gasteiger partial charge in [0.15, 0.2) is 11.5 Å². The van der Waals surface area contributed by atoms with Crippen LogP contribution in [0, 0.1) is 0 Å². The minimum absolute atomic E-state index is 0.0963. The zero-order valence-corrected chi connectivity index (χ0v) is 11.0. The minimum atomic E-state index is -0.279. The van der Waals surface area contributed by atoms with E-state index in [4.69, 9.17) is 9.47 Å². The fourth-order valence-electron chi connectivity index (χ4n) is 1.59. The number of fused-ring (bicyclic) bond motifs is 1. The third-order valence-corrected chi connectivity index (χ3v) is 3.36. The predicted octanol–water partition coefficient (Wildman–Crippen LogP) is 2.49. The van der Waals surface area contributed by atoms with Gasteiger partial charge in [0.05, 0.1) is 11.1 Å². The number of hydrogen-bond acceptors (Lipinski definition) is 3. The van der Waals surface area contributed by atoms with Crippen molar-refractivity contribution in [2.24, 2.45) is 0 Å². The van der Waals surface area contributed by atoms with Gasteiger partial charge in [-0.2, -0.15) is 0 Å². The Hall–Kier alpha value is -0.740. The molecule has 4 heteroatoms. The van der Waals surface area contributed by atoms with Gasteiger partial charge in [-0.05, 0) is 33.6 Å². The number of ether oxygens (including phenoxy) is 2. The van der Waals surface area contributed by atoms with E-state index in [1.165, 1.54) is 0 Å². The highest BCUT2D eigenvalue weighted by Crippen LogP contribution is 2.41. The first-order valence-corrected chi connectivity index (χ1v) is 6.04. The van der Waals surface area contributed by atoms with Gasteiger partial charge in [0.25, 0.3) is 0 Å². The topological polar surface area (TPSA) is 38.7 Å². The van der Waals surface area contributed by atoms with Gasteiger partial charge >= 0.3 is 0 Å². The lowest BCUT2D eigenvalue weighted by Crippen LogP contribution is -2.23. The molecule has 1 aromatic carbocycles. The van der Waals surface area contributed by atoms with Crippen LogP contribution in [0.2, 0.25) is 0 Å². The molecule has 0 amide bonds. The second-order valence-corrected chi connectivity index (χ2v) is 5.38. The molecule has 0 unspecified atom stereocenters. The van der Waals surface area contributed by atoms with E-state index >= 15 is 0 Å². The molecule has 0 saturated heterocycles. The minimum Gasteiger partial charge on any atom is -0.486 e. The van der Waals surface area contributed by atoms with Crippen molar-refractivity contribution in [3.05, 3.63) is 22.2 Å². The zero-order valence-electron chi connectivity index (χ0n) is 9.42. The van der Waals surface area contributed by atoms with Gasteiger partial charge in [-0.3, -0.25) is 0 Å². The maximum atomic E-state index is 9.36. The van der Waals surface area contributed by atoms with E-state index in [9.17, 15) is 5.11 Å². The number of benzene rings is 1. The molecule has 88 valence electrons. The lowest BCUT2D eigenvalue weighted by molar-refractivity contribution is 0.169. The predicted molar refractivity (Wildman–Crippen MR) is 65.2 cm³/mol.